The van der Waals surface area contributed by atoms with Crippen LogP contribution in [0.3, 0.4) is 0 Å². The minimum absolute atomic E-state index is 0.00353. The molecule has 3 aromatic rings. The van der Waals surface area contributed by atoms with Crippen LogP contribution in [0.5, 0.6) is 5.75 Å². The molecule has 2 heterocycles. The summed E-state index contributed by atoms with van der Waals surface area (Å²) in [7, 11) is 2.12. The second kappa shape index (κ2) is 10.4. The summed E-state index contributed by atoms with van der Waals surface area (Å²) in [5.41, 5.74) is 6.21. The molecule has 170 valence electrons. The minimum Gasteiger partial charge on any atom is -0.489 e. The number of benzene rings is 2. The van der Waals surface area contributed by atoms with Gasteiger partial charge in [0.2, 0.25) is 0 Å². The summed E-state index contributed by atoms with van der Waals surface area (Å²) in [4.78, 5) is 13.6. The van der Waals surface area contributed by atoms with Gasteiger partial charge in [-0.15, -0.1) is 5.92 Å². The SMILES string of the molecule is CC#CC(CC(=O)O)c1ccc(OCc2cccc(CN3CCc4c(ccn4C)C3)c2)cc1. The summed E-state index contributed by atoms with van der Waals surface area (Å²) < 4.78 is 8.23. The molecule has 4 rings (SSSR count). The van der Waals surface area contributed by atoms with E-state index in [0.717, 1.165) is 42.9 Å². The number of nitrogens with zero attached hydrogens (tertiary/aromatic N) is 2. The largest absolute Gasteiger partial charge is 0.489 e. The van der Waals surface area contributed by atoms with Gasteiger partial charge in [-0.2, -0.15) is 0 Å². The molecular weight excluding hydrogens is 412 g/mol. The number of aromatic nitrogens is 1. The molecule has 0 spiro atoms. The van der Waals surface area contributed by atoms with Crippen LogP contribution >= 0.6 is 0 Å². The summed E-state index contributed by atoms with van der Waals surface area (Å²) in [6.07, 6.45) is 3.24. The maximum atomic E-state index is 11.1. The Morgan fingerprint density at radius 3 is 2.70 bits per heavy atom. The van der Waals surface area contributed by atoms with Crippen LogP contribution < -0.4 is 4.74 Å². The van der Waals surface area contributed by atoms with Crippen molar-refractivity contribution in [3.63, 3.8) is 0 Å². The number of hydrogen-bond donors (Lipinski definition) is 1. The summed E-state index contributed by atoms with van der Waals surface area (Å²) in [6.45, 7) is 5.21. The first-order valence-corrected chi connectivity index (χ1v) is 11.3. The Kier molecular flexibility index (Phi) is 7.16. The quantitative estimate of drug-likeness (QED) is 0.512. The average Bonchev–Trinajstić information content (AvgIpc) is 3.18. The van der Waals surface area contributed by atoms with Crippen molar-refractivity contribution in [1.29, 1.82) is 0 Å². The molecule has 5 heteroatoms. The molecule has 0 saturated heterocycles. The number of carboxylic acid groups (broad SMARTS) is 1. The number of ether oxygens (including phenoxy) is 1. The van der Waals surface area contributed by atoms with Gasteiger partial charge in [-0.3, -0.25) is 9.69 Å². The maximum Gasteiger partial charge on any atom is 0.304 e. The summed E-state index contributed by atoms with van der Waals surface area (Å²) in [5.74, 6) is 5.41. The molecule has 1 aliphatic rings. The molecular formula is C28H30N2O3. The fourth-order valence-corrected chi connectivity index (χ4v) is 4.45. The van der Waals surface area contributed by atoms with Gasteiger partial charge in [0.25, 0.3) is 0 Å². The topological polar surface area (TPSA) is 54.7 Å². The van der Waals surface area contributed by atoms with Gasteiger partial charge in [0, 0.05) is 45.0 Å². The third-order valence-electron chi connectivity index (χ3n) is 6.14. The lowest BCUT2D eigenvalue weighted by Crippen LogP contribution is -2.30. The highest BCUT2D eigenvalue weighted by Gasteiger charge is 2.18. The van der Waals surface area contributed by atoms with Crippen molar-refractivity contribution in [2.24, 2.45) is 7.05 Å². The van der Waals surface area contributed by atoms with Gasteiger partial charge in [0.1, 0.15) is 12.4 Å². The number of aryl methyl sites for hydroxylation is 1. The monoisotopic (exact) mass is 442 g/mol. The fourth-order valence-electron chi connectivity index (χ4n) is 4.45. The van der Waals surface area contributed by atoms with Gasteiger partial charge in [-0.05, 0) is 47.4 Å². The first-order chi connectivity index (χ1) is 16.0. The normalized spacial score (nSPS) is 14.1. The third kappa shape index (κ3) is 5.85. The lowest BCUT2D eigenvalue weighted by Gasteiger charge is -2.27. The molecule has 1 N–H and O–H groups in total. The Hall–Kier alpha value is -3.49. The van der Waals surface area contributed by atoms with Gasteiger partial charge in [0.05, 0.1) is 12.3 Å². The van der Waals surface area contributed by atoms with Gasteiger partial charge >= 0.3 is 5.97 Å². The number of carboxylic acids is 1. The number of fused-ring (bicyclic) bond motifs is 1. The first-order valence-electron chi connectivity index (χ1n) is 11.3. The maximum absolute atomic E-state index is 11.1. The molecule has 0 bridgehead atoms. The zero-order chi connectivity index (χ0) is 23.2. The van der Waals surface area contributed by atoms with Crippen molar-refractivity contribution in [2.75, 3.05) is 6.54 Å². The summed E-state index contributed by atoms with van der Waals surface area (Å²) in [5, 5.41) is 9.11. The average molecular weight is 443 g/mol. The van der Waals surface area contributed by atoms with Gasteiger partial charge in [0.15, 0.2) is 0 Å². The predicted molar refractivity (Wildman–Crippen MR) is 129 cm³/mol. The minimum atomic E-state index is -0.850. The Balaban J connectivity index is 1.34. The molecule has 0 radical (unpaired) electrons. The number of aliphatic carboxylic acids is 1. The second-order valence-electron chi connectivity index (χ2n) is 8.58. The van der Waals surface area contributed by atoms with E-state index in [1.807, 2.05) is 24.3 Å². The highest BCUT2D eigenvalue weighted by molar-refractivity contribution is 5.69. The fraction of sp³-hybridized carbons (Fsp3) is 0.321. The zero-order valence-corrected chi connectivity index (χ0v) is 19.3. The van der Waals surface area contributed by atoms with Crippen LogP contribution in [0.25, 0.3) is 0 Å². The van der Waals surface area contributed by atoms with Crippen LogP contribution in [-0.4, -0.2) is 27.1 Å². The Morgan fingerprint density at radius 2 is 1.94 bits per heavy atom. The number of rotatable bonds is 8. The van der Waals surface area contributed by atoms with Crippen LogP contribution in [-0.2, 0) is 38.0 Å². The third-order valence-corrected chi connectivity index (χ3v) is 6.14. The molecule has 1 atom stereocenters. The van der Waals surface area contributed by atoms with Crippen molar-refractivity contribution in [3.05, 3.63) is 88.7 Å². The van der Waals surface area contributed by atoms with E-state index in [1.54, 1.807) is 6.92 Å². The molecule has 0 saturated carbocycles. The van der Waals surface area contributed by atoms with Crippen molar-refractivity contribution >= 4 is 5.97 Å². The van der Waals surface area contributed by atoms with E-state index in [9.17, 15) is 4.79 Å². The lowest BCUT2D eigenvalue weighted by atomic mass is 9.96. The molecule has 0 fully saturated rings. The molecule has 1 unspecified atom stereocenters. The molecule has 2 aromatic carbocycles. The van der Waals surface area contributed by atoms with E-state index < -0.39 is 5.97 Å². The van der Waals surface area contributed by atoms with E-state index in [1.165, 1.54) is 16.8 Å². The van der Waals surface area contributed by atoms with Crippen molar-refractivity contribution < 1.29 is 14.6 Å². The Morgan fingerprint density at radius 1 is 1.15 bits per heavy atom. The Labute approximate surface area is 195 Å². The van der Waals surface area contributed by atoms with E-state index in [4.69, 9.17) is 9.84 Å². The van der Waals surface area contributed by atoms with Gasteiger partial charge in [-0.25, -0.2) is 0 Å². The first kappa shape index (κ1) is 22.7. The Bertz CT molecular complexity index is 1170. The molecule has 1 aromatic heterocycles. The van der Waals surface area contributed by atoms with Crippen LogP contribution in [0.2, 0.25) is 0 Å². The smallest absolute Gasteiger partial charge is 0.304 e. The van der Waals surface area contributed by atoms with Crippen LogP contribution in [0.4, 0.5) is 0 Å². The molecule has 33 heavy (non-hydrogen) atoms. The van der Waals surface area contributed by atoms with Gasteiger partial charge in [-0.1, -0.05) is 42.3 Å². The molecule has 0 aliphatic carbocycles. The van der Waals surface area contributed by atoms with E-state index in [0.29, 0.717) is 6.61 Å². The standard InChI is InChI=1S/C28H30N2O3/c1-3-5-24(17-28(31)32)23-8-10-26(11-9-23)33-20-22-7-4-6-21(16-22)18-30-15-13-27-25(19-30)12-14-29(27)2/h4,6-12,14,16,24H,13,15,17-20H2,1-2H3,(H,31,32). The molecule has 0 amide bonds. The van der Waals surface area contributed by atoms with E-state index in [-0.39, 0.29) is 12.3 Å². The second-order valence-corrected chi connectivity index (χ2v) is 8.58. The highest BCUT2D eigenvalue weighted by Crippen LogP contribution is 2.24. The van der Waals surface area contributed by atoms with Crippen molar-refractivity contribution in [3.8, 4) is 17.6 Å². The van der Waals surface area contributed by atoms with Crippen LogP contribution in [0, 0.1) is 11.8 Å². The van der Waals surface area contributed by atoms with Crippen LogP contribution in [0.1, 0.15) is 47.2 Å². The molecule has 5 nitrogen and oxygen atoms in total. The lowest BCUT2D eigenvalue weighted by molar-refractivity contribution is -0.137. The highest BCUT2D eigenvalue weighted by atomic mass is 16.5. The van der Waals surface area contributed by atoms with Crippen LogP contribution in [0.15, 0.2) is 60.8 Å². The van der Waals surface area contributed by atoms with E-state index in [2.05, 4.69) is 64.9 Å². The van der Waals surface area contributed by atoms with Gasteiger partial charge < -0.3 is 14.4 Å². The summed E-state index contributed by atoms with van der Waals surface area (Å²) in [6, 6.07) is 18.4. The van der Waals surface area contributed by atoms with Crippen molar-refractivity contribution in [2.45, 2.75) is 45.4 Å². The number of carbonyl (C=O) groups is 1. The van der Waals surface area contributed by atoms with E-state index >= 15 is 0 Å². The number of hydrogen-bond acceptors (Lipinski definition) is 3. The zero-order valence-electron chi connectivity index (χ0n) is 19.3. The summed E-state index contributed by atoms with van der Waals surface area (Å²) >= 11 is 0. The molecule has 1 aliphatic heterocycles. The predicted octanol–water partition coefficient (Wildman–Crippen LogP) is 4.74. The van der Waals surface area contributed by atoms with Crippen molar-refractivity contribution in [1.82, 2.24) is 9.47 Å².